The van der Waals surface area contributed by atoms with Crippen LogP contribution >= 0.6 is 0 Å². The Kier molecular flexibility index (Phi) is 7.17. The van der Waals surface area contributed by atoms with Gasteiger partial charge in [-0.05, 0) is 39.5 Å². The molecule has 0 radical (unpaired) electrons. The van der Waals surface area contributed by atoms with Crippen molar-refractivity contribution in [2.24, 2.45) is 23.2 Å². The van der Waals surface area contributed by atoms with Crippen LogP contribution in [-0.2, 0) is 33.4 Å². The SMILES string of the molecule is COC(=O)C(OC(=O)C(C)(C)C)(C(=O)OC)[C@@H]1C=C[C@H]([C@H](C)C(=O)O)CC1. The van der Waals surface area contributed by atoms with E-state index in [2.05, 4.69) is 0 Å². The zero-order valence-corrected chi connectivity index (χ0v) is 16.6. The Morgan fingerprint density at radius 1 is 0.963 bits per heavy atom. The third-order valence-corrected chi connectivity index (χ3v) is 4.80. The topological polar surface area (TPSA) is 116 Å². The van der Waals surface area contributed by atoms with E-state index in [1.165, 1.54) is 6.08 Å². The largest absolute Gasteiger partial charge is 0.481 e. The molecule has 0 heterocycles. The first-order valence-electron chi connectivity index (χ1n) is 8.73. The molecule has 0 spiro atoms. The highest BCUT2D eigenvalue weighted by Crippen LogP contribution is 2.38. The Morgan fingerprint density at radius 2 is 1.48 bits per heavy atom. The Bertz CT molecular complexity index is 612. The fourth-order valence-electron chi connectivity index (χ4n) is 2.93. The number of ether oxygens (including phenoxy) is 3. The van der Waals surface area contributed by atoms with Crippen LogP contribution in [0.25, 0.3) is 0 Å². The van der Waals surface area contributed by atoms with Gasteiger partial charge in [-0.1, -0.05) is 19.1 Å². The van der Waals surface area contributed by atoms with E-state index in [9.17, 15) is 19.2 Å². The van der Waals surface area contributed by atoms with Crippen molar-refractivity contribution in [2.45, 2.75) is 46.1 Å². The summed E-state index contributed by atoms with van der Waals surface area (Å²) in [7, 11) is 2.18. The second-order valence-corrected chi connectivity index (χ2v) is 7.72. The highest BCUT2D eigenvalue weighted by Gasteiger charge is 2.59. The molecule has 3 atom stereocenters. The highest BCUT2D eigenvalue weighted by molar-refractivity contribution is 6.06. The molecule has 0 amide bonds. The smallest absolute Gasteiger partial charge is 0.362 e. The van der Waals surface area contributed by atoms with Crippen molar-refractivity contribution in [1.29, 1.82) is 0 Å². The van der Waals surface area contributed by atoms with Crippen molar-refractivity contribution in [3.63, 3.8) is 0 Å². The number of hydrogen-bond donors (Lipinski definition) is 1. The van der Waals surface area contributed by atoms with Gasteiger partial charge >= 0.3 is 29.5 Å². The molecule has 0 fully saturated rings. The minimum absolute atomic E-state index is 0.250. The number of esters is 3. The third-order valence-electron chi connectivity index (χ3n) is 4.80. The molecule has 0 aliphatic heterocycles. The van der Waals surface area contributed by atoms with E-state index in [1.54, 1.807) is 33.8 Å². The van der Waals surface area contributed by atoms with Gasteiger partial charge in [-0.2, -0.15) is 0 Å². The minimum Gasteiger partial charge on any atom is -0.481 e. The molecule has 0 unspecified atom stereocenters. The molecule has 1 aliphatic rings. The predicted molar refractivity (Wildman–Crippen MR) is 94.5 cm³/mol. The van der Waals surface area contributed by atoms with E-state index >= 15 is 0 Å². The third kappa shape index (κ3) is 4.67. The first kappa shape index (κ1) is 22.7. The zero-order chi connectivity index (χ0) is 21.0. The van der Waals surface area contributed by atoms with Gasteiger partial charge in [0.25, 0.3) is 0 Å². The van der Waals surface area contributed by atoms with Gasteiger partial charge in [0.2, 0.25) is 0 Å². The van der Waals surface area contributed by atoms with Gasteiger partial charge in [0.15, 0.2) is 0 Å². The molecule has 0 aromatic carbocycles. The maximum Gasteiger partial charge on any atom is 0.362 e. The Hall–Kier alpha value is -2.38. The van der Waals surface area contributed by atoms with Gasteiger partial charge in [-0.15, -0.1) is 0 Å². The van der Waals surface area contributed by atoms with Crippen molar-refractivity contribution in [1.82, 2.24) is 0 Å². The van der Waals surface area contributed by atoms with Crippen LogP contribution in [0.1, 0.15) is 40.5 Å². The highest BCUT2D eigenvalue weighted by atomic mass is 16.6. The van der Waals surface area contributed by atoms with Gasteiger partial charge in [0.05, 0.1) is 25.6 Å². The summed E-state index contributed by atoms with van der Waals surface area (Å²) in [6.45, 7) is 6.37. The average Bonchev–Trinajstić information content (AvgIpc) is 2.63. The van der Waals surface area contributed by atoms with Gasteiger partial charge < -0.3 is 19.3 Å². The minimum atomic E-state index is -2.28. The summed E-state index contributed by atoms with van der Waals surface area (Å²) in [5.74, 6) is -5.48. The lowest BCUT2D eigenvalue weighted by atomic mass is 9.74. The molecule has 27 heavy (non-hydrogen) atoms. The molecule has 0 aromatic heterocycles. The van der Waals surface area contributed by atoms with Crippen LogP contribution in [-0.4, -0.2) is 48.8 Å². The molecular formula is C19H28O8. The van der Waals surface area contributed by atoms with E-state index in [0.29, 0.717) is 6.42 Å². The molecule has 152 valence electrons. The lowest BCUT2D eigenvalue weighted by molar-refractivity contribution is -0.203. The number of hydrogen-bond acceptors (Lipinski definition) is 7. The van der Waals surface area contributed by atoms with Gasteiger partial charge in [-0.25, -0.2) is 9.59 Å². The number of carbonyl (C=O) groups excluding carboxylic acids is 3. The first-order chi connectivity index (χ1) is 12.4. The fourth-order valence-corrected chi connectivity index (χ4v) is 2.93. The van der Waals surface area contributed by atoms with Crippen LogP contribution in [0, 0.1) is 23.2 Å². The second-order valence-electron chi connectivity index (χ2n) is 7.72. The Morgan fingerprint density at radius 3 is 1.81 bits per heavy atom. The molecule has 8 heteroatoms. The molecular weight excluding hydrogens is 356 g/mol. The summed E-state index contributed by atoms with van der Waals surface area (Å²) in [5, 5.41) is 9.17. The fraction of sp³-hybridized carbons (Fsp3) is 0.684. The molecule has 1 aliphatic carbocycles. The van der Waals surface area contributed by atoms with Crippen LogP contribution in [0.2, 0.25) is 0 Å². The maximum atomic E-state index is 12.6. The number of aliphatic carboxylic acids is 1. The molecule has 0 aromatic rings. The van der Waals surface area contributed by atoms with Crippen LogP contribution in [0.4, 0.5) is 0 Å². The lowest BCUT2D eigenvalue weighted by Crippen LogP contribution is -2.58. The molecule has 0 bridgehead atoms. The molecule has 0 saturated heterocycles. The standard InChI is InChI=1S/C19H28O8/c1-11(14(20)21)12-7-9-13(10-8-12)19(16(23)25-5,17(24)26-6)27-15(22)18(2,3)4/h7,9,11-13H,8,10H2,1-6H3,(H,20,21)/t11-,12-,13+/m0/s1. The van der Waals surface area contributed by atoms with Crippen LogP contribution in [0.3, 0.4) is 0 Å². The average molecular weight is 384 g/mol. The van der Waals surface area contributed by atoms with Gasteiger partial charge in [0, 0.05) is 5.92 Å². The second kappa shape index (κ2) is 8.54. The molecule has 8 nitrogen and oxygen atoms in total. The van der Waals surface area contributed by atoms with E-state index in [1.807, 2.05) is 0 Å². The number of rotatable bonds is 6. The number of allylic oxidation sites excluding steroid dienone is 1. The summed E-state index contributed by atoms with van der Waals surface area (Å²) in [5.41, 5.74) is -3.24. The molecule has 0 saturated carbocycles. The van der Waals surface area contributed by atoms with E-state index < -0.39 is 46.7 Å². The van der Waals surface area contributed by atoms with Crippen LogP contribution in [0.15, 0.2) is 12.2 Å². The molecule has 1 rings (SSSR count). The van der Waals surface area contributed by atoms with Crippen LogP contribution in [0.5, 0.6) is 0 Å². The van der Waals surface area contributed by atoms with Crippen molar-refractivity contribution in [2.75, 3.05) is 14.2 Å². The van der Waals surface area contributed by atoms with Crippen molar-refractivity contribution in [3.05, 3.63) is 12.2 Å². The number of methoxy groups -OCH3 is 2. The summed E-state index contributed by atoms with van der Waals surface area (Å²) >= 11 is 0. The van der Waals surface area contributed by atoms with Crippen molar-refractivity contribution < 1.29 is 38.5 Å². The van der Waals surface area contributed by atoms with Gasteiger partial charge in [-0.3, -0.25) is 9.59 Å². The van der Waals surface area contributed by atoms with Crippen molar-refractivity contribution in [3.8, 4) is 0 Å². The van der Waals surface area contributed by atoms with Crippen LogP contribution < -0.4 is 0 Å². The Balaban J connectivity index is 3.35. The Labute approximate surface area is 158 Å². The normalized spacial score (nSPS) is 21.1. The van der Waals surface area contributed by atoms with Gasteiger partial charge in [0.1, 0.15) is 0 Å². The lowest BCUT2D eigenvalue weighted by Gasteiger charge is -2.37. The molecule has 1 N–H and O–H groups in total. The number of carboxylic acid groups (broad SMARTS) is 1. The summed E-state index contributed by atoms with van der Waals surface area (Å²) in [4.78, 5) is 48.9. The predicted octanol–water partition coefficient (Wildman–Crippen LogP) is 1.96. The quantitative estimate of drug-likeness (QED) is 0.320. The zero-order valence-electron chi connectivity index (χ0n) is 16.6. The maximum absolute atomic E-state index is 12.6. The van der Waals surface area contributed by atoms with E-state index in [4.69, 9.17) is 19.3 Å². The summed E-state index contributed by atoms with van der Waals surface area (Å²) in [6, 6.07) is 0. The summed E-state index contributed by atoms with van der Waals surface area (Å²) in [6.07, 6.45) is 3.83. The van der Waals surface area contributed by atoms with E-state index in [-0.39, 0.29) is 12.3 Å². The number of carboxylic acids is 1. The van der Waals surface area contributed by atoms with E-state index in [0.717, 1.165) is 14.2 Å². The van der Waals surface area contributed by atoms with Crippen molar-refractivity contribution >= 4 is 23.9 Å². The summed E-state index contributed by atoms with van der Waals surface area (Å²) < 4.78 is 15.0. The number of carbonyl (C=O) groups is 4. The monoisotopic (exact) mass is 384 g/mol. The first-order valence-corrected chi connectivity index (χ1v) is 8.73.